The minimum absolute atomic E-state index is 0.0687. The van der Waals surface area contributed by atoms with Crippen molar-refractivity contribution in [3.05, 3.63) is 65.4 Å². The van der Waals surface area contributed by atoms with Gasteiger partial charge in [0.05, 0.1) is 0 Å². The molecule has 1 aromatic heterocycles. The molecule has 28 heavy (non-hydrogen) atoms. The zero-order chi connectivity index (χ0) is 19.7. The Kier molecular flexibility index (Phi) is 4.90. The molecule has 1 aliphatic rings. The van der Waals surface area contributed by atoms with E-state index in [9.17, 15) is 9.59 Å². The van der Waals surface area contributed by atoms with E-state index >= 15 is 0 Å². The highest BCUT2D eigenvalue weighted by Crippen LogP contribution is 2.28. The zero-order valence-corrected chi connectivity index (χ0v) is 16.3. The largest absolute Gasteiger partial charge is 0.461 e. The fourth-order valence-corrected chi connectivity index (χ4v) is 3.87. The molecule has 0 unspecified atom stereocenters. The number of para-hydroxylation sites is 1. The molecule has 1 saturated heterocycles. The molecule has 0 saturated carbocycles. The summed E-state index contributed by atoms with van der Waals surface area (Å²) in [6.45, 7) is 3.25. The molecule has 1 fully saturated rings. The van der Waals surface area contributed by atoms with Crippen LogP contribution in [0.3, 0.4) is 0 Å². The summed E-state index contributed by atoms with van der Waals surface area (Å²) in [5.41, 5.74) is 3.29. The maximum Gasteiger partial charge on any atom is 0.253 e. The first-order valence-electron chi connectivity index (χ1n) is 9.73. The molecule has 5 nitrogen and oxygen atoms in total. The molecule has 2 heterocycles. The lowest BCUT2D eigenvalue weighted by Crippen LogP contribution is -2.27. The molecule has 0 spiro atoms. The third-order valence-electron chi connectivity index (χ3n) is 5.32. The average Bonchev–Trinajstić information content (AvgIpc) is 3.31. The topological polar surface area (TPSA) is 53.8 Å². The number of benzene rings is 2. The minimum Gasteiger partial charge on any atom is -0.461 e. The second kappa shape index (κ2) is 7.50. The fourth-order valence-electron chi connectivity index (χ4n) is 3.87. The van der Waals surface area contributed by atoms with Crippen LogP contribution in [-0.2, 0) is 17.8 Å². The highest BCUT2D eigenvalue weighted by molar-refractivity contribution is 5.99. The molecule has 0 radical (unpaired) electrons. The molecule has 3 aromatic rings. The summed E-state index contributed by atoms with van der Waals surface area (Å²) in [6.07, 6.45) is 2.22. The molecule has 0 aliphatic carbocycles. The smallest absolute Gasteiger partial charge is 0.253 e. The van der Waals surface area contributed by atoms with Gasteiger partial charge in [-0.1, -0.05) is 31.2 Å². The van der Waals surface area contributed by atoms with Crippen LogP contribution in [0.5, 0.6) is 0 Å². The van der Waals surface area contributed by atoms with Gasteiger partial charge >= 0.3 is 0 Å². The summed E-state index contributed by atoms with van der Waals surface area (Å²) in [6, 6.07) is 15.3. The van der Waals surface area contributed by atoms with Crippen molar-refractivity contribution in [2.45, 2.75) is 32.7 Å². The number of rotatable bonds is 5. The van der Waals surface area contributed by atoms with Crippen LogP contribution >= 0.6 is 0 Å². The number of aryl methyl sites for hydroxylation is 1. The van der Waals surface area contributed by atoms with Gasteiger partial charge in [0, 0.05) is 55.2 Å². The molecular formula is C23H24N2O3. The van der Waals surface area contributed by atoms with Crippen molar-refractivity contribution >= 4 is 28.5 Å². The number of carbonyl (C=O) groups is 2. The third-order valence-corrected chi connectivity index (χ3v) is 5.32. The monoisotopic (exact) mass is 376 g/mol. The number of fused-ring (bicyclic) bond motifs is 1. The van der Waals surface area contributed by atoms with Crippen LogP contribution in [0.4, 0.5) is 5.69 Å². The van der Waals surface area contributed by atoms with Gasteiger partial charge in [0.25, 0.3) is 5.91 Å². The summed E-state index contributed by atoms with van der Waals surface area (Å²) >= 11 is 0. The maximum atomic E-state index is 13.0. The molecule has 4 rings (SSSR count). The normalized spacial score (nSPS) is 14.1. The molecule has 1 aliphatic heterocycles. The Labute approximate surface area is 164 Å². The van der Waals surface area contributed by atoms with Crippen LogP contribution < -0.4 is 4.90 Å². The van der Waals surface area contributed by atoms with Crippen molar-refractivity contribution in [2.75, 3.05) is 18.5 Å². The Bertz CT molecular complexity index is 1040. The second-order valence-corrected chi connectivity index (χ2v) is 7.21. The zero-order valence-electron chi connectivity index (χ0n) is 16.3. The second-order valence-electron chi connectivity index (χ2n) is 7.21. The number of furan rings is 1. The van der Waals surface area contributed by atoms with Gasteiger partial charge < -0.3 is 14.2 Å². The standard InChI is InChI=1S/C23H24N2O3/c1-3-20-19(18-10-4-5-11-21(18)28-20)15-24(2)23(27)16-8-6-9-17(14-16)25-13-7-12-22(25)26/h4-6,8-11,14H,3,7,12-13,15H2,1-2H3. The van der Waals surface area contributed by atoms with Crippen LogP contribution in [0.1, 0.15) is 41.4 Å². The summed E-state index contributed by atoms with van der Waals surface area (Å²) in [5.74, 6) is 0.966. The number of hydrogen-bond acceptors (Lipinski definition) is 3. The van der Waals surface area contributed by atoms with Crippen molar-refractivity contribution < 1.29 is 14.0 Å². The summed E-state index contributed by atoms with van der Waals surface area (Å²) < 4.78 is 5.95. The van der Waals surface area contributed by atoms with Crippen LogP contribution in [0.25, 0.3) is 11.0 Å². The van der Waals surface area contributed by atoms with Crippen molar-refractivity contribution in [2.24, 2.45) is 0 Å². The van der Waals surface area contributed by atoms with E-state index in [1.807, 2.05) is 42.5 Å². The number of amides is 2. The Balaban J connectivity index is 1.58. The van der Waals surface area contributed by atoms with Crippen LogP contribution in [0, 0.1) is 0 Å². The summed E-state index contributed by atoms with van der Waals surface area (Å²) in [7, 11) is 1.80. The quantitative estimate of drug-likeness (QED) is 0.663. The molecule has 144 valence electrons. The van der Waals surface area contributed by atoms with Crippen molar-refractivity contribution in [3.63, 3.8) is 0 Å². The first-order chi connectivity index (χ1) is 13.6. The number of carbonyl (C=O) groups excluding carboxylic acids is 2. The molecule has 5 heteroatoms. The van der Waals surface area contributed by atoms with Gasteiger partial charge in [-0.15, -0.1) is 0 Å². The molecule has 0 atom stereocenters. The maximum absolute atomic E-state index is 13.0. The molecule has 0 N–H and O–H groups in total. The van der Waals surface area contributed by atoms with E-state index in [1.165, 1.54) is 0 Å². The van der Waals surface area contributed by atoms with E-state index in [0.29, 0.717) is 25.1 Å². The van der Waals surface area contributed by atoms with Gasteiger partial charge in [-0.3, -0.25) is 9.59 Å². The number of anilines is 1. The molecular weight excluding hydrogens is 352 g/mol. The van der Waals surface area contributed by atoms with Gasteiger partial charge in [0.1, 0.15) is 11.3 Å². The van der Waals surface area contributed by atoms with E-state index in [0.717, 1.165) is 40.8 Å². The predicted octanol–water partition coefficient (Wildman–Crippen LogP) is 4.39. The van der Waals surface area contributed by atoms with Crippen molar-refractivity contribution in [1.29, 1.82) is 0 Å². The van der Waals surface area contributed by atoms with E-state index < -0.39 is 0 Å². The van der Waals surface area contributed by atoms with Crippen molar-refractivity contribution in [3.8, 4) is 0 Å². The molecule has 2 aromatic carbocycles. The van der Waals surface area contributed by atoms with E-state index in [2.05, 4.69) is 6.92 Å². The van der Waals surface area contributed by atoms with E-state index in [-0.39, 0.29) is 11.8 Å². The first-order valence-corrected chi connectivity index (χ1v) is 9.73. The lowest BCUT2D eigenvalue weighted by molar-refractivity contribution is -0.117. The first kappa shape index (κ1) is 18.3. The van der Waals surface area contributed by atoms with Crippen LogP contribution in [-0.4, -0.2) is 30.3 Å². The van der Waals surface area contributed by atoms with Gasteiger partial charge in [-0.25, -0.2) is 0 Å². The van der Waals surface area contributed by atoms with Gasteiger partial charge in [0.2, 0.25) is 5.91 Å². The predicted molar refractivity (Wildman–Crippen MR) is 109 cm³/mol. The van der Waals surface area contributed by atoms with Gasteiger partial charge in [0.15, 0.2) is 0 Å². The van der Waals surface area contributed by atoms with Crippen LogP contribution in [0.2, 0.25) is 0 Å². The highest BCUT2D eigenvalue weighted by Gasteiger charge is 2.23. The lowest BCUT2D eigenvalue weighted by Gasteiger charge is -2.20. The lowest BCUT2D eigenvalue weighted by atomic mass is 10.1. The minimum atomic E-state index is -0.0687. The molecule has 2 amide bonds. The summed E-state index contributed by atoms with van der Waals surface area (Å²) in [5, 5.41) is 1.05. The van der Waals surface area contributed by atoms with Crippen molar-refractivity contribution in [1.82, 2.24) is 4.90 Å². The van der Waals surface area contributed by atoms with Crippen LogP contribution in [0.15, 0.2) is 52.9 Å². The number of hydrogen-bond donors (Lipinski definition) is 0. The summed E-state index contributed by atoms with van der Waals surface area (Å²) in [4.78, 5) is 28.5. The molecule has 0 bridgehead atoms. The Morgan fingerprint density at radius 1 is 1.18 bits per heavy atom. The average molecular weight is 376 g/mol. The van der Waals surface area contributed by atoms with Gasteiger partial charge in [-0.2, -0.15) is 0 Å². The Hall–Kier alpha value is -3.08. The highest BCUT2D eigenvalue weighted by atomic mass is 16.3. The van der Waals surface area contributed by atoms with Gasteiger partial charge in [-0.05, 0) is 30.7 Å². The van der Waals surface area contributed by atoms with E-state index in [1.54, 1.807) is 22.9 Å². The number of nitrogens with zero attached hydrogens (tertiary/aromatic N) is 2. The SMILES string of the molecule is CCc1oc2ccccc2c1CN(C)C(=O)c1cccc(N2CCCC2=O)c1. The third kappa shape index (κ3) is 3.28. The fraction of sp³-hybridized carbons (Fsp3) is 0.304. The Morgan fingerprint density at radius 2 is 2.00 bits per heavy atom. The van der Waals surface area contributed by atoms with E-state index in [4.69, 9.17) is 4.42 Å². The Morgan fingerprint density at radius 3 is 2.75 bits per heavy atom.